The molecule has 1 fully saturated rings. The molecular formula is C24H23ClN2O7. The third-order valence-electron chi connectivity index (χ3n) is 4.67. The maximum Gasteiger partial charge on any atom is 0.338 e. The summed E-state index contributed by atoms with van der Waals surface area (Å²) in [6.45, 7) is 6.21. The highest BCUT2D eigenvalue weighted by Crippen LogP contribution is 2.37. The topological polar surface area (TPSA) is 111 Å². The number of hydrogen-bond acceptors (Lipinski definition) is 7. The van der Waals surface area contributed by atoms with E-state index in [1.165, 1.54) is 36.4 Å². The fourth-order valence-electron chi connectivity index (χ4n) is 3.24. The number of ether oxygens (including phenoxy) is 3. The third kappa shape index (κ3) is 5.20. The first-order chi connectivity index (χ1) is 16.3. The second kappa shape index (κ2) is 10.8. The van der Waals surface area contributed by atoms with Crippen molar-refractivity contribution in [3.63, 3.8) is 0 Å². The Hall–Kier alpha value is -3.85. The lowest BCUT2D eigenvalue weighted by Crippen LogP contribution is -2.54. The third-order valence-corrected chi connectivity index (χ3v) is 4.95. The number of urea groups is 1. The molecule has 2 aromatic carbocycles. The first-order valence-corrected chi connectivity index (χ1v) is 11.0. The summed E-state index contributed by atoms with van der Waals surface area (Å²) >= 11 is 6.33. The van der Waals surface area contributed by atoms with E-state index in [1.54, 1.807) is 26.8 Å². The number of carbonyl (C=O) groups excluding carboxylic acids is 4. The lowest BCUT2D eigenvalue weighted by atomic mass is 10.1. The van der Waals surface area contributed by atoms with E-state index in [-0.39, 0.29) is 28.5 Å². The van der Waals surface area contributed by atoms with Crippen molar-refractivity contribution in [2.45, 2.75) is 20.8 Å². The van der Waals surface area contributed by atoms with Gasteiger partial charge in [-0.15, -0.1) is 0 Å². The minimum Gasteiger partial charge on any atom is -0.490 e. The van der Waals surface area contributed by atoms with Gasteiger partial charge in [0.15, 0.2) is 11.5 Å². The van der Waals surface area contributed by atoms with Crippen molar-refractivity contribution in [3.8, 4) is 11.5 Å². The molecule has 0 aromatic heterocycles. The molecule has 10 heteroatoms. The van der Waals surface area contributed by atoms with Gasteiger partial charge in [-0.1, -0.05) is 11.6 Å². The van der Waals surface area contributed by atoms with Gasteiger partial charge in [-0.2, -0.15) is 0 Å². The molecule has 1 aliphatic rings. The Morgan fingerprint density at radius 2 is 1.68 bits per heavy atom. The summed E-state index contributed by atoms with van der Waals surface area (Å²) in [5, 5.41) is 2.39. The summed E-state index contributed by atoms with van der Waals surface area (Å²) in [5.41, 5.74) is 0.558. The van der Waals surface area contributed by atoms with E-state index in [4.69, 9.17) is 25.8 Å². The average Bonchev–Trinajstić information content (AvgIpc) is 2.79. The van der Waals surface area contributed by atoms with Crippen LogP contribution in [-0.4, -0.2) is 43.6 Å². The number of imide groups is 2. The molecule has 0 saturated carbocycles. The molecule has 1 N–H and O–H groups in total. The summed E-state index contributed by atoms with van der Waals surface area (Å²) in [6, 6.07) is 7.88. The second-order valence-electron chi connectivity index (χ2n) is 6.92. The fraction of sp³-hybridized carbons (Fsp3) is 0.250. The summed E-state index contributed by atoms with van der Waals surface area (Å²) in [4.78, 5) is 50.7. The van der Waals surface area contributed by atoms with Crippen molar-refractivity contribution in [2.24, 2.45) is 0 Å². The molecule has 178 valence electrons. The highest BCUT2D eigenvalue weighted by atomic mass is 35.5. The molecule has 9 nitrogen and oxygen atoms in total. The van der Waals surface area contributed by atoms with Crippen LogP contribution in [0.4, 0.5) is 10.5 Å². The Balaban J connectivity index is 1.97. The molecule has 0 aliphatic carbocycles. The maximum absolute atomic E-state index is 13.1. The zero-order valence-electron chi connectivity index (χ0n) is 18.8. The molecule has 0 bridgehead atoms. The standard InChI is InChI=1S/C24H23ClN2O7/c1-4-32-19-13-14(12-18(25)20(19)33-5-2)11-17-21(28)26-24(31)27(22(17)29)16-9-7-15(8-10-16)23(30)34-6-3/h7-13H,4-6H2,1-3H3,(H,26,28,31)/b17-11+. The van der Waals surface area contributed by atoms with Crippen LogP contribution < -0.4 is 19.7 Å². The predicted molar refractivity (Wildman–Crippen MR) is 125 cm³/mol. The first kappa shape index (κ1) is 24.8. The molecule has 0 atom stereocenters. The molecule has 0 radical (unpaired) electrons. The Morgan fingerprint density at radius 1 is 1.00 bits per heavy atom. The molecule has 2 aromatic rings. The quantitative estimate of drug-likeness (QED) is 0.341. The van der Waals surface area contributed by atoms with E-state index in [1.807, 2.05) is 0 Å². The summed E-state index contributed by atoms with van der Waals surface area (Å²) in [5.74, 6) is -1.50. The molecule has 3 rings (SSSR count). The van der Waals surface area contributed by atoms with Crippen molar-refractivity contribution in [1.29, 1.82) is 0 Å². The van der Waals surface area contributed by atoms with E-state index in [0.717, 1.165) is 4.90 Å². The van der Waals surface area contributed by atoms with E-state index >= 15 is 0 Å². The Kier molecular flexibility index (Phi) is 7.91. The van der Waals surface area contributed by atoms with Gasteiger partial charge in [0.05, 0.1) is 36.1 Å². The van der Waals surface area contributed by atoms with Crippen LogP contribution in [-0.2, 0) is 14.3 Å². The van der Waals surface area contributed by atoms with Gasteiger partial charge in [0.1, 0.15) is 5.57 Å². The molecule has 0 unspecified atom stereocenters. The number of benzene rings is 2. The van der Waals surface area contributed by atoms with Gasteiger partial charge < -0.3 is 14.2 Å². The van der Waals surface area contributed by atoms with Gasteiger partial charge in [0, 0.05) is 0 Å². The number of amides is 4. The van der Waals surface area contributed by atoms with E-state index in [9.17, 15) is 19.2 Å². The number of halogens is 1. The molecular weight excluding hydrogens is 464 g/mol. The number of carbonyl (C=O) groups is 4. The van der Waals surface area contributed by atoms with Gasteiger partial charge >= 0.3 is 12.0 Å². The molecule has 4 amide bonds. The maximum atomic E-state index is 13.1. The van der Waals surface area contributed by atoms with E-state index in [0.29, 0.717) is 30.3 Å². The number of barbiturate groups is 1. The van der Waals surface area contributed by atoms with Crippen molar-refractivity contribution < 1.29 is 33.4 Å². The monoisotopic (exact) mass is 486 g/mol. The smallest absolute Gasteiger partial charge is 0.338 e. The van der Waals surface area contributed by atoms with Gasteiger partial charge in [-0.05, 0) is 68.8 Å². The average molecular weight is 487 g/mol. The molecule has 1 aliphatic heterocycles. The Morgan fingerprint density at radius 3 is 2.29 bits per heavy atom. The lowest BCUT2D eigenvalue weighted by molar-refractivity contribution is -0.122. The molecule has 1 saturated heterocycles. The Labute approximate surface area is 201 Å². The number of hydrogen-bond donors (Lipinski definition) is 1. The van der Waals surface area contributed by atoms with Crippen LogP contribution in [0.3, 0.4) is 0 Å². The second-order valence-corrected chi connectivity index (χ2v) is 7.33. The van der Waals surface area contributed by atoms with Crippen LogP contribution in [0.2, 0.25) is 5.02 Å². The predicted octanol–water partition coefficient (Wildman–Crippen LogP) is 3.98. The van der Waals surface area contributed by atoms with Gasteiger partial charge in [0.25, 0.3) is 11.8 Å². The fourth-order valence-corrected chi connectivity index (χ4v) is 3.51. The zero-order chi connectivity index (χ0) is 24.8. The number of nitrogens with zero attached hydrogens (tertiary/aromatic N) is 1. The number of nitrogens with one attached hydrogen (secondary N) is 1. The van der Waals surface area contributed by atoms with Crippen LogP contribution in [0.25, 0.3) is 6.08 Å². The largest absolute Gasteiger partial charge is 0.490 e. The SMILES string of the molecule is CCOC(=O)c1ccc(N2C(=O)NC(=O)/C(=C\c3cc(Cl)c(OCC)c(OCC)c3)C2=O)cc1. The number of rotatable bonds is 8. The van der Waals surface area contributed by atoms with Gasteiger partial charge in [-0.3, -0.25) is 14.9 Å². The molecule has 0 spiro atoms. The summed E-state index contributed by atoms with van der Waals surface area (Å²) in [7, 11) is 0. The lowest BCUT2D eigenvalue weighted by Gasteiger charge is -2.26. The van der Waals surface area contributed by atoms with E-state index in [2.05, 4.69) is 5.32 Å². The van der Waals surface area contributed by atoms with Crippen LogP contribution in [0.15, 0.2) is 42.0 Å². The first-order valence-electron chi connectivity index (χ1n) is 10.6. The van der Waals surface area contributed by atoms with Crippen molar-refractivity contribution in [2.75, 3.05) is 24.7 Å². The van der Waals surface area contributed by atoms with Crippen LogP contribution in [0, 0.1) is 0 Å². The highest BCUT2D eigenvalue weighted by molar-refractivity contribution is 6.39. The zero-order valence-corrected chi connectivity index (χ0v) is 19.6. The summed E-state index contributed by atoms with van der Waals surface area (Å²) in [6.07, 6.45) is 1.31. The van der Waals surface area contributed by atoms with Crippen molar-refractivity contribution in [1.82, 2.24) is 5.32 Å². The molecule has 34 heavy (non-hydrogen) atoms. The van der Waals surface area contributed by atoms with Crippen LogP contribution >= 0.6 is 11.6 Å². The summed E-state index contributed by atoms with van der Waals surface area (Å²) < 4.78 is 16.0. The van der Waals surface area contributed by atoms with Gasteiger partial charge in [-0.25, -0.2) is 14.5 Å². The van der Waals surface area contributed by atoms with Gasteiger partial charge in [0.2, 0.25) is 0 Å². The normalized spacial score (nSPS) is 14.8. The van der Waals surface area contributed by atoms with Crippen LogP contribution in [0.5, 0.6) is 11.5 Å². The minimum atomic E-state index is -0.907. The number of anilines is 1. The molecule has 1 heterocycles. The Bertz CT molecular complexity index is 1160. The van der Waals surface area contributed by atoms with Crippen molar-refractivity contribution >= 4 is 47.2 Å². The highest BCUT2D eigenvalue weighted by Gasteiger charge is 2.37. The van der Waals surface area contributed by atoms with Crippen LogP contribution in [0.1, 0.15) is 36.7 Å². The van der Waals surface area contributed by atoms with E-state index < -0.39 is 23.8 Å². The number of esters is 1. The van der Waals surface area contributed by atoms with Crippen molar-refractivity contribution in [3.05, 3.63) is 58.1 Å². The minimum absolute atomic E-state index is 0.175.